The van der Waals surface area contributed by atoms with Crippen molar-refractivity contribution >= 4 is 44.5 Å². The zero-order valence-corrected chi connectivity index (χ0v) is 15.7. The molecule has 0 bridgehead atoms. The molecule has 0 unspecified atom stereocenters. The van der Waals surface area contributed by atoms with E-state index in [1.165, 1.54) is 20.3 Å². The average molecular weight is 415 g/mol. The van der Waals surface area contributed by atoms with Crippen LogP contribution in [-0.4, -0.2) is 31.1 Å². The SMILES string of the molecule is COC(=O)C1=C(C(=O)OC)N(c2ccc3ncccc3c2Br)C=CC=C1. The Labute approximate surface area is 158 Å². The minimum absolute atomic E-state index is 0.0632. The van der Waals surface area contributed by atoms with E-state index in [1.807, 2.05) is 24.3 Å². The number of hydrogen-bond acceptors (Lipinski definition) is 6. The van der Waals surface area contributed by atoms with Crippen molar-refractivity contribution in [2.75, 3.05) is 19.1 Å². The molecule has 1 aliphatic heterocycles. The monoisotopic (exact) mass is 414 g/mol. The number of rotatable bonds is 3. The van der Waals surface area contributed by atoms with Gasteiger partial charge in [0.1, 0.15) is 5.70 Å². The van der Waals surface area contributed by atoms with E-state index >= 15 is 0 Å². The molecule has 0 radical (unpaired) electrons. The summed E-state index contributed by atoms with van der Waals surface area (Å²) in [5, 5.41) is 0.874. The van der Waals surface area contributed by atoms with Crippen molar-refractivity contribution in [2.24, 2.45) is 0 Å². The second-order valence-corrected chi connectivity index (χ2v) is 6.08. The number of esters is 2. The summed E-state index contributed by atoms with van der Waals surface area (Å²) < 4.78 is 10.5. The standard InChI is InChI=1S/C19H15BrN2O4/c1-25-18(23)13-6-3-4-11-22(17(13)19(24)26-2)15-9-8-14-12(16(15)20)7-5-10-21-14/h3-11H,1-2H3. The van der Waals surface area contributed by atoms with Gasteiger partial charge in [-0.3, -0.25) is 4.98 Å². The van der Waals surface area contributed by atoms with Crippen LogP contribution in [0.1, 0.15) is 0 Å². The van der Waals surface area contributed by atoms with Crippen LogP contribution in [0.4, 0.5) is 5.69 Å². The number of pyridine rings is 1. The number of methoxy groups -OCH3 is 2. The van der Waals surface area contributed by atoms with Crippen molar-refractivity contribution in [1.82, 2.24) is 4.98 Å². The lowest BCUT2D eigenvalue weighted by Crippen LogP contribution is -2.27. The highest BCUT2D eigenvalue weighted by Gasteiger charge is 2.28. The lowest BCUT2D eigenvalue weighted by Gasteiger charge is -2.24. The number of benzene rings is 1. The number of hydrogen-bond donors (Lipinski definition) is 0. The third kappa shape index (κ3) is 3.13. The van der Waals surface area contributed by atoms with Gasteiger partial charge in [-0.05, 0) is 46.3 Å². The third-order valence-electron chi connectivity index (χ3n) is 3.85. The molecule has 7 heteroatoms. The van der Waals surface area contributed by atoms with Crippen LogP contribution in [0.5, 0.6) is 0 Å². The summed E-state index contributed by atoms with van der Waals surface area (Å²) >= 11 is 3.59. The van der Waals surface area contributed by atoms with Gasteiger partial charge in [0.05, 0.1) is 35.5 Å². The summed E-state index contributed by atoms with van der Waals surface area (Å²) in [4.78, 5) is 30.6. The Morgan fingerprint density at radius 2 is 1.85 bits per heavy atom. The normalized spacial score (nSPS) is 13.7. The Bertz CT molecular complexity index is 979. The van der Waals surface area contributed by atoms with E-state index in [0.717, 1.165) is 15.4 Å². The zero-order valence-electron chi connectivity index (χ0n) is 14.1. The molecule has 0 fully saturated rings. The van der Waals surface area contributed by atoms with Gasteiger partial charge in [-0.1, -0.05) is 12.1 Å². The lowest BCUT2D eigenvalue weighted by molar-refractivity contribution is -0.139. The van der Waals surface area contributed by atoms with Crippen molar-refractivity contribution in [3.8, 4) is 0 Å². The minimum Gasteiger partial charge on any atom is -0.465 e. The predicted octanol–water partition coefficient (Wildman–Crippen LogP) is 3.49. The number of ether oxygens (including phenoxy) is 2. The van der Waals surface area contributed by atoms with E-state index in [4.69, 9.17) is 9.47 Å². The molecule has 0 saturated heterocycles. The Kier molecular flexibility index (Phi) is 5.18. The fourth-order valence-corrected chi connectivity index (χ4v) is 3.30. The highest BCUT2D eigenvalue weighted by Crippen LogP contribution is 2.36. The van der Waals surface area contributed by atoms with Gasteiger partial charge in [0.15, 0.2) is 0 Å². The van der Waals surface area contributed by atoms with E-state index in [-0.39, 0.29) is 11.3 Å². The summed E-state index contributed by atoms with van der Waals surface area (Å²) in [5.74, 6) is -1.28. The van der Waals surface area contributed by atoms with Gasteiger partial charge < -0.3 is 14.4 Å². The average Bonchev–Trinajstić information content (AvgIpc) is 2.90. The maximum absolute atomic E-state index is 12.5. The molecule has 132 valence electrons. The van der Waals surface area contributed by atoms with E-state index in [2.05, 4.69) is 20.9 Å². The number of nitrogens with zero attached hydrogens (tertiary/aromatic N) is 2. The fourth-order valence-electron chi connectivity index (χ4n) is 2.64. The Hall–Kier alpha value is -2.93. The first-order valence-corrected chi connectivity index (χ1v) is 8.46. The molecule has 6 nitrogen and oxygen atoms in total. The lowest BCUT2D eigenvalue weighted by atomic mass is 10.1. The van der Waals surface area contributed by atoms with Gasteiger partial charge in [0, 0.05) is 17.8 Å². The molecule has 1 aromatic carbocycles. The molecule has 3 rings (SSSR count). The summed E-state index contributed by atoms with van der Waals surface area (Å²) in [6.45, 7) is 0. The van der Waals surface area contributed by atoms with Crippen molar-refractivity contribution < 1.29 is 19.1 Å². The smallest absolute Gasteiger partial charge is 0.355 e. The van der Waals surface area contributed by atoms with Gasteiger partial charge >= 0.3 is 11.9 Å². The second kappa shape index (κ2) is 7.53. The molecule has 2 aromatic rings. The van der Waals surface area contributed by atoms with Crippen LogP contribution in [0, 0.1) is 0 Å². The molecule has 1 aromatic heterocycles. The first-order valence-electron chi connectivity index (χ1n) is 7.66. The summed E-state index contributed by atoms with van der Waals surface area (Å²) in [7, 11) is 2.53. The number of carbonyl (C=O) groups is 2. The van der Waals surface area contributed by atoms with Crippen LogP contribution < -0.4 is 4.90 Å². The Morgan fingerprint density at radius 3 is 2.58 bits per heavy atom. The fraction of sp³-hybridized carbons (Fsp3) is 0.105. The van der Waals surface area contributed by atoms with Gasteiger partial charge in [-0.2, -0.15) is 0 Å². The van der Waals surface area contributed by atoms with E-state index < -0.39 is 11.9 Å². The molecular formula is C19H15BrN2O4. The predicted molar refractivity (Wildman–Crippen MR) is 101 cm³/mol. The highest BCUT2D eigenvalue weighted by atomic mass is 79.9. The topological polar surface area (TPSA) is 68.7 Å². The Morgan fingerprint density at radius 1 is 1.08 bits per heavy atom. The summed E-state index contributed by atoms with van der Waals surface area (Å²) in [6, 6.07) is 7.40. The Balaban J connectivity index is 2.26. The number of anilines is 1. The van der Waals surface area contributed by atoms with Crippen LogP contribution in [0.3, 0.4) is 0 Å². The van der Waals surface area contributed by atoms with E-state index in [1.54, 1.807) is 29.4 Å². The van der Waals surface area contributed by atoms with Crippen LogP contribution in [0.15, 0.2) is 70.6 Å². The third-order valence-corrected chi connectivity index (χ3v) is 4.68. The summed E-state index contributed by atoms with van der Waals surface area (Å²) in [5.41, 5.74) is 1.62. The van der Waals surface area contributed by atoms with Crippen molar-refractivity contribution in [3.05, 3.63) is 70.6 Å². The maximum atomic E-state index is 12.5. The van der Waals surface area contributed by atoms with Gasteiger partial charge in [0.2, 0.25) is 0 Å². The highest BCUT2D eigenvalue weighted by molar-refractivity contribution is 9.10. The van der Waals surface area contributed by atoms with Gasteiger partial charge in [0.25, 0.3) is 0 Å². The van der Waals surface area contributed by atoms with E-state index in [0.29, 0.717) is 5.69 Å². The number of aromatic nitrogens is 1. The van der Waals surface area contributed by atoms with Crippen molar-refractivity contribution in [3.63, 3.8) is 0 Å². The van der Waals surface area contributed by atoms with Crippen LogP contribution >= 0.6 is 15.9 Å². The van der Waals surface area contributed by atoms with Crippen LogP contribution in [-0.2, 0) is 19.1 Å². The maximum Gasteiger partial charge on any atom is 0.355 e. The molecule has 0 aliphatic carbocycles. The summed E-state index contributed by atoms with van der Waals surface area (Å²) in [6.07, 6.45) is 8.29. The molecular weight excluding hydrogens is 400 g/mol. The first kappa shape index (κ1) is 17.9. The molecule has 0 atom stereocenters. The minimum atomic E-state index is -0.653. The molecule has 1 aliphatic rings. The van der Waals surface area contributed by atoms with Crippen molar-refractivity contribution in [2.45, 2.75) is 0 Å². The van der Waals surface area contributed by atoms with E-state index in [9.17, 15) is 9.59 Å². The van der Waals surface area contributed by atoms with Gasteiger partial charge in [-0.25, -0.2) is 9.59 Å². The molecule has 26 heavy (non-hydrogen) atoms. The number of fused-ring (bicyclic) bond motifs is 1. The number of allylic oxidation sites excluding steroid dienone is 2. The second-order valence-electron chi connectivity index (χ2n) is 5.28. The first-order chi connectivity index (χ1) is 12.6. The molecule has 2 heterocycles. The number of halogens is 1. The molecule has 0 amide bonds. The van der Waals surface area contributed by atoms with Crippen LogP contribution in [0.2, 0.25) is 0 Å². The molecule has 0 N–H and O–H groups in total. The zero-order chi connectivity index (χ0) is 18.7. The van der Waals surface area contributed by atoms with Gasteiger partial charge in [-0.15, -0.1) is 0 Å². The van der Waals surface area contributed by atoms with Crippen molar-refractivity contribution in [1.29, 1.82) is 0 Å². The largest absolute Gasteiger partial charge is 0.465 e. The quantitative estimate of drug-likeness (QED) is 0.716. The number of carbonyl (C=O) groups excluding carboxylic acids is 2. The molecule has 0 spiro atoms. The molecule has 0 saturated carbocycles. The van der Waals surface area contributed by atoms with Crippen LogP contribution in [0.25, 0.3) is 10.9 Å².